The second-order valence-corrected chi connectivity index (χ2v) is 6.20. The molecule has 2 aromatic carbocycles. The molecule has 0 radical (unpaired) electrons. The number of benzene rings is 2. The van der Waals surface area contributed by atoms with Crippen molar-refractivity contribution in [1.82, 2.24) is 4.98 Å². The minimum absolute atomic E-state index is 0.106. The van der Waals surface area contributed by atoms with E-state index in [2.05, 4.69) is 10.3 Å². The molecule has 0 aliphatic carbocycles. The summed E-state index contributed by atoms with van der Waals surface area (Å²) < 4.78 is 37.8. The number of rotatable bonds is 3. The van der Waals surface area contributed by atoms with Crippen LogP contribution in [-0.4, -0.2) is 10.9 Å². The number of halogens is 3. The standard InChI is InChI=1S/C20H17F3N2O2/c1-3-15-11(2)16-9-8-14(10-17(16)25-19(15)27)24-18(26)12-4-6-13(7-5-12)20(21,22)23/h4-10H,3H2,1-2H3,(H,24,26)(H,25,27). The monoisotopic (exact) mass is 374 g/mol. The molecule has 0 spiro atoms. The smallest absolute Gasteiger partial charge is 0.322 e. The molecule has 3 aromatic rings. The van der Waals surface area contributed by atoms with Gasteiger partial charge in [0.1, 0.15) is 0 Å². The second-order valence-electron chi connectivity index (χ2n) is 6.20. The van der Waals surface area contributed by atoms with Gasteiger partial charge in [0, 0.05) is 22.2 Å². The van der Waals surface area contributed by atoms with Crippen molar-refractivity contribution in [2.75, 3.05) is 5.32 Å². The van der Waals surface area contributed by atoms with Gasteiger partial charge < -0.3 is 10.3 Å². The fraction of sp³-hybridized carbons (Fsp3) is 0.200. The van der Waals surface area contributed by atoms with Crippen LogP contribution >= 0.6 is 0 Å². The Bertz CT molecular complexity index is 1070. The number of fused-ring (bicyclic) bond motifs is 1. The van der Waals surface area contributed by atoms with Gasteiger partial charge in [0.05, 0.1) is 11.1 Å². The van der Waals surface area contributed by atoms with Crippen LogP contribution in [0.2, 0.25) is 0 Å². The van der Waals surface area contributed by atoms with E-state index in [1.807, 2.05) is 13.8 Å². The Morgan fingerprint density at radius 1 is 1.11 bits per heavy atom. The summed E-state index contributed by atoms with van der Waals surface area (Å²) in [7, 11) is 0. The number of amides is 1. The third-order valence-corrected chi connectivity index (χ3v) is 4.48. The lowest BCUT2D eigenvalue weighted by Gasteiger charge is -2.11. The van der Waals surface area contributed by atoms with Crippen LogP contribution in [0.15, 0.2) is 47.3 Å². The molecule has 4 nitrogen and oxygen atoms in total. The van der Waals surface area contributed by atoms with E-state index >= 15 is 0 Å². The molecule has 0 aliphatic heterocycles. The van der Waals surface area contributed by atoms with Gasteiger partial charge in [-0.05, 0) is 55.3 Å². The number of aromatic amines is 1. The number of aryl methyl sites for hydroxylation is 1. The Labute approximate surface area is 153 Å². The van der Waals surface area contributed by atoms with E-state index in [4.69, 9.17) is 0 Å². The lowest BCUT2D eigenvalue weighted by atomic mass is 10.0. The predicted molar refractivity (Wildman–Crippen MR) is 98.1 cm³/mol. The molecule has 0 atom stereocenters. The van der Waals surface area contributed by atoms with Crippen LogP contribution in [0, 0.1) is 6.92 Å². The van der Waals surface area contributed by atoms with Crippen molar-refractivity contribution >= 4 is 22.5 Å². The van der Waals surface area contributed by atoms with Gasteiger partial charge in [-0.3, -0.25) is 9.59 Å². The van der Waals surface area contributed by atoms with Crippen molar-refractivity contribution in [2.24, 2.45) is 0 Å². The number of pyridine rings is 1. The molecule has 0 bridgehead atoms. The third kappa shape index (κ3) is 3.72. The third-order valence-electron chi connectivity index (χ3n) is 4.48. The van der Waals surface area contributed by atoms with E-state index in [0.717, 1.165) is 35.2 Å². The van der Waals surface area contributed by atoms with Gasteiger partial charge in [-0.1, -0.05) is 13.0 Å². The number of aromatic nitrogens is 1. The van der Waals surface area contributed by atoms with Gasteiger partial charge in [0.15, 0.2) is 0 Å². The Morgan fingerprint density at radius 2 is 1.78 bits per heavy atom. The van der Waals surface area contributed by atoms with Crippen LogP contribution in [0.3, 0.4) is 0 Å². The van der Waals surface area contributed by atoms with Crippen LogP contribution in [0.1, 0.15) is 34.0 Å². The summed E-state index contributed by atoms with van der Waals surface area (Å²) in [6.07, 6.45) is -3.84. The van der Waals surface area contributed by atoms with E-state index in [-0.39, 0.29) is 11.1 Å². The van der Waals surface area contributed by atoms with Gasteiger partial charge >= 0.3 is 6.18 Å². The molecular formula is C20H17F3N2O2. The molecule has 0 saturated carbocycles. The Hall–Kier alpha value is -3.09. The molecule has 0 aliphatic rings. The van der Waals surface area contributed by atoms with Crippen molar-refractivity contribution in [2.45, 2.75) is 26.4 Å². The SMILES string of the molecule is CCc1c(C)c2ccc(NC(=O)c3ccc(C(F)(F)F)cc3)cc2[nH]c1=O. The second kappa shape index (κ2) is 6.90. The first kappa shape index (κ1) is 18.7. The molecule has 0 fully saturated rings. The maximum Gasteiger partial charge on any atom is 0.416 e. The molecule has 2 N–H and O–H groups in total. The lowest BCUT2D eigenvalue weighted by Crippen LogP contribution is -2.15. The first-order valence-electron chi connectivity index (χ1n) is 8.35. The van der Waals surface area contributed by atoms with Crippen molar-refractivity contribution in [3.63, 3.8) is 0 Å². The number of hydrogen-bond acceptors (Lipinski definition) is 2. The van der Waals surface area contributed by atoms with Crippen LogP contribution in [0.25, 0.3) is 10.9 Å². The molecule has 0 saturated heterocycles. The van der Waals surface area contributed by atoms with Crippen LogP contribution in [0.4, 0.5) is 18.9 Å². The van der Waals surface area contributed by atoms with Crippen LogP contribution in [0.5, 0.6) is 0 Å². The summed E-state index contributed by atoms with van der Waals surface area (Å²) in [4.78, 5) is 27.2. The summed E-state index contributed by atoms with van der Waals surface area (Å²) in [6.45, 7) is 3.78. The molecule has 3 rings (SSSR count). The predicted octanol–water partition coefficient (Wildman–Crippen LogP) is 4.67. The Kier molecular flexibility index (Phi) is 4.78. The quantitative estimate of drug-likeness (QED) is 0.700. The van der Waals surface area contributed by atoms with Crippen LogP contribution < -0.4 is 10.9 Å². The molecule has 1 heterocycles. The van der Waals surface area contributed by atoms with Crippen molar-refractivity contribution in [3.05, 3.63) is 75.1 Å². The van der Waals surface area contributed by atoms with Gasteiger partial charge in [-0.2, -0.15) is 13.2 Å². The van der Waals surface area contributed by atoms with Crippen molar-refractivity contribution in [1.29, 1.82) is 0 Å². The zero-order valence-corrected chi connectivity index (χ0v) is 14.7. The highest BCUT2D eigenvalue weighted by molar-refractivity contribution is 6.05. The number of anilines is 1. The molecule has 7 heteroatoms. The number of carbonyl (C=O) groups excluding carboxylic acids is 1. The number of hydrogen-bond donors (Lipinski definition) is 2. The number of carbonyl (C=O) groups is 1. The summed E-state index contributed by atoms with van der Waals surface area (Å²) in [5.41, 5.74) is 1.74. The van der Waals surface area contributed by atoms with Gasteiger partial charge in [-0.15, -0.1) is 0 Å². The average Bonchev–Trinajstić information content (AvgIpc) is 2.61. The normalized spacial score (nSPS) is 11.6. The molecule has 140 valence electrons. The topological polar surface area (TPSA) is 62.0 Å². The Balaban J connectivity index is 1.88. The minimum atomic E-state index is -4.45. The largest absolute Gasteiger partial charge is 0.416 e. The number of alkyl halides is 3. The summed E-state index contributed by atoms with van der Waals surface area (Å²) in [6, 6.07) is 9.09. The van der Waals surface area contributed by atoms with Crippen molar-refractivity contribution in [3.8, 4) is 0 Å². The first-order chi connectivity index (χ1) is 12.7. The van der Waals surface area contributed by atoms with E-state index in [1.165, 1.54) is 0 Å². The lowest BCUT2D eigenvalue weighted by molar-refractivity contribution is -0.137. The zero-order chi connectivity index (χ0) is 19.8. The number of nitrogens with one attached hydrogen (secondary N) is 2. The van der Waals surface area contributed by atoms with E-state index in [0.29, 0.717) is 23.2 Å². The van der Waals surface area contributed by atoms with E-state index in [9.17, 15) is 22.8 Å². The highest BCUT2D eigenvalue weighted by Gasteiger charge is 2.30. The summed E-state index contributed by atoms with van der Waals surface area (Å²) in [5.74, 6) is -0.535. The van der Waals surface area contributed by atoms with E-state index < -0.39 is 17.6 Å². The highest BCUT2D eigenvalue weighted by atomic mass is 19.4. The van der Waals surface area contributed by atoms with Crippen molar-refractivity contribution < 1.29 is 18.0 Å². The van der Waals surface area contributed by atoms with Crippen LogP contribution in [-0.2, 0) is 12.6 Å². The van der Waals surface area contributed by atoms with Gasteiger partial charge in [-0.25, -0.2) is 0 Å². The maximum atomic E-state index is 12.6. The van der Waals surface area contributed by atoms with Gasteiger partial charge in [0.2, 0.25) is 0 Å². The first-order valence-corrected chi connectivity index (χ1v) is 8.35. The van der Waals surface area contributed by atoms with E-state index in [1.54, 1.807) is 18.2 Å². The fourth-order valence-electron chi connectivity index (χ4n) is 3.02. The molecule has 0 unspecified atom stereocenters. The summed E-state index contributed by atoms with van der Waals surface area (Å²) in [5, 5.41) is 3.51. The highest BCUT2D eigenvalue weighted by Crippen LogP contribution is 2.29. The number of H-pyrrole nitrogens is 1. The Morgan fingerprint density at radius 3 is 2.37 bits per heavy atom. The zero-order valence-electron chi connectivity index (χ0n) is 14.7. The maximum absolute atomic E-state index is 12.6. The molecular weight excluding hydrogens is 357 g/mol. The molecule has 1 aromatic heterocycles. The minimum Gasteiger partial charge on any atom is -0.322 e. The fourth-order valence-corrected chi connectivity index (χ4v) is 3.02. The van der Waals surface area contributed by atoms with Gasteiger partial charge in [0.25, 0.3) is 11.5 Å². The molecule has 27 heavy (non-hydrogen) atoms. The molecule has 1 amide bonds. The average molecular weight is 374 g/mol. The summed E-state index contributed by atoms with van der Waals surface area (Å²) >= 11 is 0.